The zero-order valence-electron chi connectivity index (χ0n) is 12.7. The van der Waals surface area contributed by atoms with E-state index in [-0.39, 0.29) is 0 Å². The maximum absolute atomic E-state index is 6.40. The fourth-order valence-corrected chi connectivity index (χ4v) is 2.97. The van der Waals surface area contributed by atoms with Crippen LogP contribution in [0.25, 0.3) is 0 Å². The second kappa shape index (κ2) is 7.25. The number of piperidine rings is 1. The fourth-order valence-electron chi connectivity index (χ4n) is 2.66. The summed E-state index contributed by atoms with van der Waals surface area (Å²) in [6, 6.07) is 2.71. The monoisotopic (exact) mass is 296 g/mol. The molecule has 0 aromatic carbocycles. The third kappa shape index (κ3) is 3.84. The summed E-state index contributed by atoms with van der Waals surface area (Å²) in [5.41, 5.74) is 1.14. The Labute approximate surface area is 127 Å². The molecule has 0 radical (unpaired) electrons. The van der Waals surface area contributed by atoms with Crippen molar-refractivity contribution in [1.29, 1.82) is 0 Å². The number of anilines is 1. The van der Waals surface area contributed by atoms with Crippen LogP contribution in [0.1, 0.15) is 25.3 Å². The van der Waals surface area contributed by atoms with Gasteiger partial charge in [-0.05, 0) is 45.1 Å². The van der Waals surface area contributed by atoms with E-state index in [1.54, 1.807) is 0 Å². The van der Waals surface area contributed by atoms with Gasteiger partial charge in [0.2, 0.25) is 0 Å². The van der Waals surface area contributed by atoms with E-state index in [9.17, 15) is 0 Å². The van der Waals surface area contributed by atoms with Crippen LogP contribution in [0.3, 0.4) is 0 Å². The molecule has 112 valence electrons. The summed E-state index contributed by atoms with van der Waals surface area (Å²) in [5, 5.41) is 4.06. The lowest BCUT2D eigenvalue weighted by Gasteiger charge is -2.36. The maximum Gasteiger partial charge on any atom is 0.147 e. The SMILES string of the molecule is CCNCc1cnc(N2CCC(N(C)C)CC2)c(Cl)c1. The van der Waals surface area contributed by atoms with Gasteiger partial charge in [0, 0.05) is 31.9 Å². The Kier molecular flexibility index (Phi) is 5.64. The molecule has 0 amide bonds. The molecule has 0 saturated carbocycles. The van der Waals surface area contributed by atoms with Gasteiger partial charge >= 0.3 is 0 Å². The minimum Gasteiger partial charge on any atom is -0.355 e. The van der Waals surface area contributed by atoms with Crippen LogP contribution >= 0.6 is 11.6 Å². The van der Waals surface area contributed by atoms with E-state index in [2.05, 4.69) is 41.1 Å². The van der Waals surface area contributed by atoms with Crippen LogP contribution in [0.15, 0.2) is 12.3 Å². The summed E-state index contributed by atoms with van der Waals surface area (Å²) in [6.45, 7) is 5.94. The van der Waals surface area contributed by atoms with Gasteiger partial charge in [-0.25, -0.2) is 4.98 Å². The third-order valence-corrected chi connectivity index (χ3v) is 4.23. The van der Waals surface area contributed by atoms with Gasteiger partial charge in [0.25, 0.3) is 0 Å². The Balaban J connectivity index is 1.99. The van der Waals surface area contributed by atoms with E-state index in [1.807, 2.05) is 12.3 Å². The summed E-state index contributed by atoms with van der Waals surface area (Å²) in [6.07, 6.45) is 4.27. The minimum atomic E-state index is 0.679. The van der Waals surface area contributed by atoms with Gasteiger partial charge in [0.15, 0.2) is 0 Å². The van der Waals surface area contributed by atoms with Crippen molar-refractivity contribution in [3.8, 4) is 0 Å². The van der Waals surface area contributed by atoms with Gasteiger partial charge in [-0.1, -0.05) is 18.5 Å². The molecule has 0 atom stereocenters. The highest BCUT2D eigenvalue weighted by Gasteiger charge is 2.22. The number of pyridine rings is 1. The Bertz CT molecular complexity index is 428. The molecule has 1 aromatic heterocycles. The van der Waals surface area contributed by atoms with Crippen LogP contribution < -0.4 is 10.2 Å². The van der Waals surface area contributed by atoms with Gasteiger partial charge in [0.05, 0.1) is 5.02 Å². The van der Waals surface area contributed by atoms with E-state index in [0.29, 0.717) is 6.04 Å². The molecule has 1 aliphatic heterocycles. The molecule has 1 N–H and O–H groups in total. The number of aromatic nitrogens is 1. The van der Waals surface area contributed by atoms with Gasteiger partial charge in [-0.15, -0.1) is 0 Å². The zero-order valence-corrected chi connectivity index (χ0v) is 13.5. The number of rotatable bonds is 5. The molecule has 0 spiro atoms. The fraction of sp³-hybridized carbons (Fsp3) is 0.667. The molecule has 2 heterocycles. The summed E-state index contributed by atoms with van der Waals surface area (Å²) in [5.74, 6) is 0.934. The van der Waals surface area contributed by atoms with Crippen LogP contribution in [0.5, 0.6) is 0 Å². The Morgan fingerprint density at radius 1 is 1.40 bits per heavy atom. The van der Waals surface area contributed by atoms with E-state index in [0.717, 1.165) is 42.6 Å². The predicted molar refractivity (Wildman–Crippen MR) is 85.5 cm³/mol. The van der Waals surface area contributed by atoms with Crippen molar-refractivity contribution >= 4 is 17.4 Å². The molecule has 20 heavy (non-hydrogen) atoms. The first kappa shape index (κ1) is 15.5. The normalized spacial score (nSPS) is 16.9. The van der Waals surface area contributed by atoms with E-state index < -0.39 is 0 Å². The highest BCUT2D eigenvalue weighted by molar-refractivity contribution is 6.33. The topological polar surface area (TPSA) is 31.4 Å². The van der Waals surface area contributed by atoms with Crippen molar-refractivity contribution in [1.82, 2.24) is 15.2 Å². The number of hydrogen-bond donors (Lipinski definition) is 1. The molecule has 1 saturated heterocycles. The number of nitrogens with one attached hydrogen (secondary N) is 1. The van der Waals surface area contributed by atoms with Crippen LogP contribution in [0.2, 0.25) is 5.02 Å². The molecule has 0 bridgehead atoms. The minimum absolute atomic E-state index is 0.679. The Morgan fingerprint density at radius 3 is 2.65 bits per heavy atom. The Morgan fingerprint density at radius 2 is 2.10 bits per heavy atom. The predicted octanol–water partition coefficient (Wildman–Crippen LogP) is 2.37. The maximum atomic E-state index is 6.40. The summed E-state index contributed by atoms with van der Waals surface area (Å²) in [7, 11) is 4.31. The molecule has 4 nitrogen and oxygen atoms in total. The molecular formula is C15H25ClN4. The smallest absolute Gasteiger partial charge is 0.147 e. The van der Waals surface area contributed by atoms with Crippen LogP contribution in [0.4, 0.5) is 5.82 Å². The van der Waals surface area contributed by atoms with Crippen LogP contribution in [-0.4, -0.2) is 49.7 Å². The summed E-state index contributed by atoms with van der Waals surface area (Å²) < 4.78 is 0. The van der Waals surface area contributed by atoms with Crippen molar-refractivity contribution in [3.63, 3.8) is 0 Å². The van der Waals surface area contributed by atoms with Gasteiger partial charge in [-0.3, -0.25) is 0 Å². The quantitative estimate of drug-likeness (QED) is 0.904. The highest BCUT2D eigenvalue weighted by Crippen LogP contribution is 2.27. The average Bonchev–Trinajstić information content (AvgIpc) is 2.45. The standard InChI is InChI=1S/C15H25ClN4/c1-4-17-10-12-9-14(16)15(18-11-12)20-7-5-13(6-8-20)19(2)3/h9,11,13,17H,4-8,10H2,1-3H3. The second-order valence-corrected chi connectivity index (χ2v) is 6.02. The summed E-state index contributed by atoms with van der Waals surface area (Å²) in [4.78, 5) is 9.18. The van der Waals surface area contributed by atoms with Crippen molar-refractivity contribution in [3.05, 3.63) is 22.8 Å². The van der Waals surface area contributed by atoms with E-state index in [1.165, 1.54) is 12.8 Å². The number of nitrogens with zero attached hydrogens (tertiary/aromatic N) is 3. The molecule has 1 aromatic rings. The van der Waals surface area contributed by atoms with Crippen LogP contribution in [-0.2, 0) is 6.54 Å². The first-order chi connectivity index (χ1) is 9.61. The molecule has 0 aliphatic carbocycles. The molecule has 0 unspecified atom stereocenters. The molecule has 5 heteroatoms. The van der Waals surface area contributed by atoms with Gasteiger partial charge in [-0.2, -0.15) is 0 Å². The highest BCUT2D eigenvalue weighted by atomic mass is 35.5. The molecule has 2 rings (SSSR count). The summed E-state index contributed by atoms with van der Waals surface area (Å²) >= 11 is 6.40. The molecular weight excluding hydrogens is 272 g/mol. The lowest BCUT2D eigenvalue weighted by Crippen LogP contribution is -2.42. The lowest BCUT2D eigenvalue weighted by molar-refractivity contribution is 0.249. The number of hydrogen-bond acceptors (Lipinski definition) is 4. The van der Waals surface area contributed by atoms with Crippen molar-refractivity contribution in [2.24, 2.45) is 0 Å². The first-order valence-electron chi connectivity index (χ1n) is 7.38. The van der Waals surface area contributed by atoms with Crippen molar-refractivity contribution in [2.75, 3.05) is 38.6 Å². The van der Waals surface area contributed by atoms with E-state index >= 15 is 0 Å². The Hall–Kier alpha value is -0.840. The zero-order chi connectivity index (χ0) is 14.5. The molecule has 1 aliphatic rings. The van der Waals surface area contributed by atoms with E-state index in [4.69, 9.17) is 11.6 Å². The number of halogens is 1. The van der Waals surface area contributed by atoms with Gasteiger partial charge < -0.3 is 15.1 Å². The largest absolute Gasteiger partial charge is 0.355 e. The third-order valence-electron chi connectivity index (χ3n) is 3.95. The average molecular weight is 297 g/mol. The lowest BCUT2D eigenvalue weighted by atomic mass is 10.0. The van der Waals surface area contributed by atoms with Crippen molar-refractivity contribution in [2.45, 2.75) is 32.4 Å². The second-order valence-electron chi connectivity index (χ2n) is 5.61. The van der Waals surface area contributed by atoms with Gasteiger partial charge in [0.1, 0.15) is 5.82 Å². The first-order valence-corrected chi connectivity index (χ1v) is 7.76. The molecule has 1 fully saturated rings. The van der Waals surface area contributed by atoms with Crippen LogP contribution in [0, 0.1) is 0 Å². The van der Waals surface area contributed by atoms with Crippen molar-refractivity contribution < 1.29 is 0 Å².